The van der Waals surface area contributed by atoms with Crippen LogP contribution < -0.4 is 5.32 Å². The van der Waals surface area contributed by atoms with Gasteiger partial charge in [-0.15, -0.1) is 0 Å². The van der Waals surface area contributed by atoms with Crippen molar-refractivity contribution in [2.75, 3.05) is 13.2 Å². The third-order valence-electron chi connectivity index (χ3n) is 3.02. The molecule has 0 aliphatic carbocycles. The van der Waals surface area contributed by atoms with Crippen LogP contribution in [0.5, 0.6) is 0 Å². The molecule has 1 heterocycles. The van der Waals surface area contributed by atoms with Gasteiger partial charge >= 0.3 is 0 Å². The van der Waals surface area contributed by atoms with Gasteiger partial charge in [-0.1, -0.05) is 39.0 Å². The predicted octanol–water partition coefficient (Wildman–Crippen LogP) is 3.71. The van der Waals surface area contributed by atoms with Crippen molar-refractivity contribution in [1.29, 1.82) is 0 Å². The molecule has 0 aliphatic heterocycles. The molecule has 0 spiro atoms. The zero-order chi connectivity index (χ0) is 13.7. The second kappa shape index (κ2) is 6.73. The van der Waals surface area contributed by atoms with Crippen LogP contribution in [0.3, 0.4) is 0 Å². The number of nitrogens with one attached hydrogen (secondary N) is 1. The normalized spacial score (nSPS) is 11.6. The molecule has 0 saturated carbocycles. The van der Waals surface area contributed by atoms with Gasteiger partial charge in [-0.2, -0.15) is 0 Å². The zero-order valence-electron chi connectivity index (χ0n) is 12.0. The fourth-order valence-corrected chi connectivity index (χ4v) is 2.10. The van der Waals surface area contributed by atoms with Crippen LogP contribution in [0.4, 0.5) is 0 Å². The van der Waals surface area contributed by atoms with Gasteiger partial charge in [-0.3, -0.25) is 0 Å². The monoisotopic (exact) mass is 261 g/mol. The van der Waals surface area contributed by atoms with Gasteiger partial charge in [0.15, 0.2) is 0 Å². The minimum absolute atomic E-state index is 0.543. The van der Waals surface area contributed by atoms with E-state index in [9.17, 15) is 0 Å². The Balaban J connectivity index is 2.19. The Morgan fingerprint density at radius 2 is 2.05 bits per heavy atom. The molecule has 0 aliphatic rings. The third-order valence-corrected chi connectivity index (χ3v) is 3.02. The fourth-order valence-electron chi connectivity index (χ4n) is 2.10. The first kappa shape index (κ1) is 14.1. The van der Waals surface area contributed by atoms with E-state index in [2.05, 4.69) is 32.2 Å². The van der Waals surface area contributed by atoms with Gasteiger partial charge in [-0.25, -0.2) is 0 Å². The summed E-state index contributed by atoms with van der Waals surface area (Å²) in [4.78, 5) is 0. The lowest BCUT2D eigenvalue weighted by Crippen LogP contribution is -2.13. The largest absolute Gasteiger partial charge is 0.458 e. The molecule has 0 bridgehead atoms. The minimum Gasteiger partial charge on any atom is -0.458 e. The predicted molar refractivity (Wildman–Crippen MR) is 78.1 cm³/mol. The van der Waals surface area contributed by atoms with E-state index in [4.69, 9.17) is 9.15 Å². The van der Waals surface area contributed by atoms with Crippen LogP contribution in [0.1, 0.15) is 32.1 Å². The molecule has 104 valence electrons. The van der Waals surface area contributed by atoms with E-state index in [1.54, 1.807) is 0 Å². The summed E-state index contributed by atoms with van der Waals surface area (Å²) in [7, 11) is 0. The van der Waals surface area contributed by atoms with Crippen molar-refractivity contribution < 1.29 is 9.15 Å². The summed E-state index contributed by atoms with van der Waals surface area (Å²) in [5, 5.41) is 4.55. The summed E-state index contributed by atoms with van der Waals surface area (Å²) in [5.41, 5.74) is 2.17. The van der Waals surface area contributed by atoms with Crippen molar-refractivity contribution in [1.82, 2.24) is 5.32 Å². The number of benzene rings is 1. The molecule has 3 nitrogen and oxygen atoms in total. The molecule has 0 unspecified atom stereocenters. The highest BCUT2D eigenvalue weighted by Crippen LogP contribution is 2.26. The Labute approximate surface area is 114 Å². The van der Waals surface area contributed by atoms with Gasteiger partial charge in [-0.05, 0) is 18.5 Å². The van der Waals surface area contributed by atoms with E-state index < -0.39 is 0 Å². The van der Waals surface area contributed by atoms with Gasteiger partial charge < -0.3 is 14.5 Å². The zero-order valence-corrected chi connectivity index (χ0v) is 12.0. The maximum absolute atomic E-state index is 5.91. The summed E-state index contributed by atoms with van der Waals surface area (Å²) in [6.07, 6.45) is 0. The number of hydrogen-bond acceptors (Lipinski definition) is 3. The molecule has 0 radical (unpaired) electrons. The number of furan rings is 1. The summed E-state index contributed by atoms with van der Waals surface area (Å²) < 4.78 is 11.6. The molecule has 3 heteroatoms. The van der Waals surface area contributed by atoms with E-state index in [0.29, 0.717) is 12.5 Å². The van der Waals surface area contributed by atoms with Gasteiger partial charge in [0.1, 0.15) is 18.0 Å². The lowest BCUT2D eigenvalue weighted by atomic mass is 10.1. The Morgan fingerprint density at radius 3 is 2.79 bits per heavy atom. The topological polar surface area (TPSA) is 34.4 Å². The molecule has 1 aromatic carbocycles. The Morgan fingerprint density at radius 1 is 1.26 bits per heavy atom. The van der Waals surface area contributed by atoms with E-state index in [-0.39, 0.29) is 0 Å². The van der Waals surface area contributed by atoms with E-state index in [1.165, 1.54) is 10.9 Å². The third kappa shape index (κ3) is 3.58. The first-order chi connectivity index (χ1) is 9.22. The molecule has 1 N–H and O–H groups in total. The van der Waals surface area contributed by atoms with Crippen LogP contribution in [0, 0.1) is 5.92 Å². The maximum Gasteiger partial charge on any atom is 0.135 e. The highest BCUT2D eigenvalue weighted by atomic mass is 16.5. The fraction of sp³-hybridized carbons (Fsp3) is 0.500. The lowest BCUT2D eigenvalue weighted by Gasteiger charge is -2.07. The summed E-state index contributed by atoms with van der Waals surface area (Å²) in [5.74, 6) is 1.49. The molecule has 1 aromatic heterocycles. The van der Waals surface area contributed by atoms with Crippen molar-refractivity contribution in [3.05, 3.63) is 35.6 Å². The first-order valence-electron chi connectivity index (χ1n) is 7.00. The molecule has 0 saturated heterocycles. The lowest BCUT2D eigenvalue weighted by molar-refractivity contribution is 0.0848. The number of rotatable bonds is 7. The first-order valence-corrected chi connectivity index (χ1v) is 7.00. The van der Waals surface area contributed by atoms with E-state index in [1.807, 2.05) is 18.2 Å². The van der Waals surface area contributed by atoms with Crippen LogP contribution in [-0.4, -0.2) is 13.2 Å². The number of hydrogen-bond donors (Lipinski definition) is 1. The number of para-hydroxylation sites is 1. The van der Waals surface area contributed by atoms with Gasteiger partial charge in [0.25, 0.3) is 0 Å². The Kier molecular flexibility index (Phi) is 5.00. The second-order valence-corrected chi connectivity index (χ2v) is 5.19. The standard InChI is InChI=1S/C16H23NO2/c1-4-17-9-14-13-7-5-6-8-15(13)19-16(14)11-18-10-12(2)3/h5-8,12,17H,4,9-11H2,1-3H3. The molecular weight excluding hydrogens is 238 g/mol. The van der Waals surface area contributed by atoms with Gasteiger partial charge in [0, 0.05) is 24.1 Å². The van der Waals surface area contributed by atoms with Crippen LogP contribution in [0.15, 0.2) is 28.7 Å². The number of fused-ring (bicyclic) bond motifs is 1. The Bertz CT molecular complexity index is 516. The van der Waals surface area contributed by atoms with Crippen molar-refractivity contribution >= 4 is 11.0 Å². The average molecular weight is 261 g/mol. The smallest absolute Gasteiger partial charge is 0.135 e. The maximum atomic E-state index is 5.91. The SMILES string of the molecule is CCNCc1c(COCC(C)C)oc2ccccc12. The molecule has 2 rings (SSSR count). The summed E-state index contributed by atoms with van der Waals surface area (Å²) in [6, 6.07) is 8.17. The van der Waals surface area contributed by atoms with Crippen molar-refractivity contribution in [3.8, 4) is 0 Å². The van der Waals surface area contributed by atoms with E-state index in [0.717, 1.165) is 31.0 Å². The van der Waals surface area contributed by atoms with Crippen molar-refractivity contribution in [2.24, 2.45) is 5.92 Å². The molecular formula is C16H23NO2. The average Bonchev–Trinajstić information content (AvgIpc) is 2.74. The van der Waals surface area contributed by atoms with Crippen molar-refractivity contribution in [3.63, 3.8) is 0 Å². The van der Waals surface area contributed by atoms with Crippen LogP contribution in [0.2, 0.25) is 0 Å². The molecule has 0 fully saturated rings. The second-order valence-electron chi connectivity index (χ2n) is 5.19. The van der Waals surface area contributed by atoms with Crippen molar-refractivity contribution in [2.45, 2.75) is 33.9 Å². The molecule has 19 heavy (non-hydrogen) atoms. The minimum atomic E-state index is 0.543. The molecule has 2 aromatic rings. The highest BCUT2D eigenvalue weighted by molar-refractivity contribution is 5.82. The van der Waals surface area contributed by atoms with Crippen LogP contribution in [0.25, 0.3) is 11.0 Å². The molecule has 0 amide bonds. The summed E-state index contributed by atoms with van der Waals surface area (Å²) >= 11 is 0. The quantitative estimate of drug-likeness (QED) is 0.825. The van der Waals surface area contributed by atoms with Crippen LogP contribution >= 0.6 is 0 Å². The molecule has 0 atom stereocenters. The van der Waals surface area contributed by atoms with Crippen LogP contribution in [-0.2, 0) is 17.9 Å². The van der Waals surface area contributed by atoms with Gasteiger partial charge in [0.05, 0.1) is 0 Å². The van der Waals surface area contributed by atoms with Gasteiger partial charge in [0.2, 0.25) is 0 Å². The number of ether oxygens (including phenoxy) is 1. The van der Waals surface area contributed by atoms with E-state index >= 15 is 0 Å². The summed E-state index contributed by atoms with van der Waals surface area (Å²) in [6.45, 7) is 9.50. The highest BCUT2D eigenvalue weighted by Gasteiger charge is 2.13. The Hall–Kier alpha value is -1.32.